The molecule has 0 saturated carbocycles. The van der Waals surface area contributed by atoms with Crippen LogP contribution in [0.4, 0.5) is 5.82 Å². The van der Waals surface area contributed by atoms with Crippen molar-refractivity contribution in [3.63, 3.8) is 0 Å². The van der Waals surface area contributed by atoms with E-state index in [0.29, 0.717) is 11.7 Å². The fourth-order valence-electron chi connectivity index (χ4n) is 1.96. The van der Waals surface area contributed by atoms with Gasteiger partial charge in [-0.1, -0.05) is 40.0 Å². The monoisotopic (exact) mass is 251 g/mol. The molecule has 0 aliphatic rings. The van der Waals surface area contributed by atoms with Crippen LogP contribution in [-0.2, 0) is 6.42 Å². The molecule has 0 saturated heterocycles. The summed E-state index contributed by atoms with van der Waals surface area (Å²) in [4.78, 5) is 18.5. The van der Waals surface area contributed by atoms with Gasteiger partial charge in [0, 0.05) is 19.0 Å². The van der Waals surface area contributed by atoms with Crippen molar-refractivity contribution in [3.8, 4) is 0 Å². The van der Waals surface area contributed by atoms with Crippen LogP contribution in [0.1, 0.15) is 52.3 Å². The van der Waals surface area contributed by atoms with E-state index in [9.17, 15) is 4.79 Å². The lowest BCUT2D eigenvalue weighted by Crippen LogP contribution is -2.18. The number of H-pyrrole nitrogens is 1. The van der Waals surface area contributed by atoms with Crippen molar-refractivity contribution in [2.45, 2.75) is 52.9 Å². The fraction of sp³-hybridized carbons (Fsp3) is 0.714. The zero-order chi connectivity index (χ0) is 13.4. The normalized spacial score (nSPS) is 12.4. The number of anilines is 1. The van der Waals surface area contributed by atoms with Crippen LogP contribution in [0.2, 0.25) is 0 Å². The molecule has 102 valence electrons. The van der Waals surface area contributed by atoms with E-state index in [2.05, 4.69) is 29.1 Å². The highest BCUT2D eigenvalue weighted by atomic mass is 16.1. The molecule has 4 heteroatoms. The molecule has 0 aromatic carbocycles. The van der Waals surface area contributed by atoms with Gasteiger partial charge in [0.05, 0.1) is 0 Å². The molecule has 0 aliphatic carbocycles. The summed E-state index contributed by atoms with van der Waals surface area (Å²) in [5.74, 6) is 2.10. The number of nitrogens with one attached hydrogen (secondary N) is 2. The highest BCUT2D eigenvalue weighted by Gasteiger charge is 2.06. The molecule has 0 spiro atoms. The second-order valence-electron chi connectivity index (χ2n) is 4.73. The van der Waals surface area contributed by atoms with Crippen LogP contribution in [0.5, 0.6) is 0 Å². The summed E-state index contributed by atoms with van der Waals surface area (Å²) < 4.78 is 0. The highest BCUT2D eigenvalue weighted by Crippen LogP contribution is 2.13. The van der Waals surface area contributed by atoms with E-state index in [0.717, 1.165) is 25.2 Å². The Morgan fingerprint density at radius 1 is 1.39 bits per heavy atom. The van der Waals surface area contributed by atoms with E-state index < -0.39 is 0 Å². The smallest absolute Gasteiger partial charge is 0.252 e. The summed E-state index contributed by atoms with van der Waals surface area (Å²) in [5.41, 5.74) is -0.0778. The van der Waals surface area contributed by atoms with Gasteiger partial charge in [-0.3, -0.25) is 4.79 Å². The van der Waals surface area contributed by atoms with Gasteiger partial charge in [0.1, 0.15) is 11.6 Å². The lowest BCUT2D eigenvalue weighted by atomic mass is 9.99. The Hall–Kier alpha value is -1.32. The van der Waals surface area contributed by atoms with E-state index in [4.69, 9.17) is 0 Å². The average Bonchev–Trinajstić information content (AvgIpc) is 2.38. The molecule has 4 nitrogen and oxygen atoms in total. The lowest BCUT2D eigenvalue weighted by Gasteiger charge is -2.15. The predicted molar refractivity (Wildman–Crippen MR) is 76.0 cm³/mol. The Morgan fingerprint density at radius 2 is 2.17 bits per heavy atom. The number of nitrogens with zero attached hydrogens (tertiary/aromatic N) is 1. The molecule has 1 unspecified atom stereocenters. The van der Waals surface area contributed by atoms with Crippen LogP contribution < -0.4 is 10.9 Å². The number of unbranched alkanes of at least 4 members (excludes halogenated alkanes) is 1. The van der Waals surface area contributed by atoms with E-state index in [1.54, 1.807) is 0 Å². The quantitative estimate of drug-likeness (QED) is 0.747. The van der Waals surface area contributed by atoms with Crippen LogP contribution in [0.25, 0.3) is 0 Å². The summed E-state index contributed by atoms with van der Waals surface area (Å²) >= 11 is 0. The molecule has 0 fully saturated rings. The third-order valence-corrected chi connectivity index (χ3v) is 3.24. The first-order chi connectivity index (χ1) is 8.69. The predicted octanol–water partition coefficient (Wildman–Crippen LogP) is 2.96. The first-order valence-corrected chi connectivity index (χ1v) is 7.03. The molecule has 18 heavy (non-hydrogen) atoms. The molecule has 1 atom stereocenters. The summed E-state index contributed by atoms with van der Waals surface area (Å²) in [6, 6.07) is 1.53. The number of hydrogen-bond donors (Lipinski definition) is 2. The van der Waals surface area contributed by atoms with Crippen molar-refractivity contribution in [2.24, 2.45) is 5.92 Å². The summed E-state index contributed by atoms with van der Waals surface area (Å²) in [6.07, 6.45) is 5.65. The van der Waals surface area contributed by atoms with Gasteiger partial charge in [-0.2, -0.15) is 0 Å². The van der Waals surface area contributed by atoms with E-state index in [-0.39, 0.29) is 5.56 Å². The number of aromatic nitrogens is 2. The lowest BCUT2D eigenvalue weighted by molar-refractivity contribution is 0.472. The fourth-order valence-corrected chi connectivity index (χ4v) is 1.96. The van der Waals surface area contributed by atoms with Crippen molar-refractivity contribution in [1.82, 2.24) is 9.97 Å². The van der Waals surface area contributed by atoms with Gasteiger partial charge >= 0.3 is 0 Å². The van der Waals surface area contributed by atoms with Crippen molar-refractivity contribution >= 4 is 5.82 Å². The Morgan fingerprint density at radius 3 is 2.78 bits per heavy atom. The second-order valence-corrected chi connectivity index (χ2v) is 4.73. The van der Waals surface area contributed by atoms with E-state index in [1.807, 2.05) is 6.92 Å². The van der Waals surface area contributed by atoms with E-state index >= 15 is 0 Å². The van der Waals surface area contributed by atoms with Gasteiger partial charge in [0.25, 0.3) is 5.56 Å². The number of aryl methyl sites for hydroxylation is 1. The molecule has 1 aromatic rings. The minimum Gasteiger partial charge on any atom is -0.370 e. The van der Waals surface area contributed by atoms with Crippen LogP contribution in [0, 0.1) is 5.92 Å². The van der Waals surface area contributed by atoms with Crippen LogP contribution in [0.3, 0.4) is 0 Å². The first kappa shape index (κ1) is 14.7. The molecule has 0 bridgehead atoms. The van der Waals surface area contributed by atoms with Gasteiger partial charge < -0.3 is 10.3 Å². The minimum atomic E-state index is -0.0778. The Bertz CT molecular complexity index is 400. The number of hydrogen-bond acceptors (Lipinski definition) is 3. The first-order valence-electron chi connectivity index (χ1n) is 7.03. The molecular formula is C14H25N3O. The zero-order valence-corrected chi connectivity index (χ0v) is 11.8. The summed E-state index contributed by atoms with van der Waals surface area (Å²) in [6.45, 7) is 7.31. The van der Waals surface area contributed by atoms with E-state index in [1.165, 1.54) is 25.3 Å². The van der Waals surface area contributed by atoms with Crippen LogP contribution >= 0.6 is 0 Å². The van der Waals surface area contributed by atoms with Gasteiger partial charge in [0.15, 0.2) is 0 Å². The molecule has 0 amide bonds. The minimum absolute atomic E-state index is 0.0778. The van der Waals surface area contributed by atoms with Crippen LogP contribution in [0.15, 0.2) is 10.9 Å². The van der Waals surface area contributed by atoms with Crippen molar-refractivity contribution in [1.29, 1.82) is 0 Å². The largest absolute Gasteiger partial charge is 0.370 e. The Kier molecular flexibility index (Phi) is 6.47. The molecule has 1 rings (SSSR count). The zero-order valence-electron chi connectivity index (χ0n) is 11.8. The molecule has 1 heterocycles. The van der Waals surface area contributed by atoms with Gasteiger partial charge in [-0.05, 0) is 12.3 Å². The highest BCUT2D eigenvalue weighted by molar-refractivity contribution is 5.32. The van der Waals surface area contributed by atoms with Gasteiger partial charge in [-0.15, -0.1) is 0 Å². The van der Waals surface area contributed by atoms with Gasteiger partial charge in [0.2, 0.25) is 0 Å². The summed E-state index contributed by atoms with van der Waals surface area (Å²) in [7, 11) is 0. The maximum atomic E-state index is 11.4. The van der Waals surface area contributed by atoms with Crippen molar-refractivity contribution in [3.05, 3.63) is 22.2 Å². The topological polar surface area (TPSA) is 57.8 Å². The van der Waals surface area contributed by atoms with Crippen molar-refractivity contribution in [2.75, 3.05) is 11.9 Å². The Labute approximate surface area is 109 Å². The van der Waals surface area contributed by atoms with Crippen molar-refractivity contribution < 1.29 is 0 Å². The maximum absolute atomic E-state index is 11.4. The standard InChI is InChI=1S/C14H25N3O/c1-4-7-8-11(5-2)10-15-13-9-14(18)17-12(6-3)16-13/h9,11H,4-8,10H2,1-3H3,(H2,15,16,17,18). The summed E-state index contributed by atoms with van der Waals surface area (Å²) in [5, 5.41) is 3.29. The second kappa shape index (κ2) is 7.90. The Balaban J connectivity index is 2.56. The molecule has 0 radical (unpaired) electrons. The molecule has 0 aliphatic heterocycles. The average molecular weight is 251 g/mol. The number of rotatable bonds is 8. The number of aromatic amines is 1. The molecule has 1 aromatic heterocycles. The van der Waals surface area contributed by atoms with Gasteiger partial charge in [-0.25, -0.2) is 4.98 Å². The molecule has 2 N–H and O–H groups in total. The third-order valence-electron chi connectivity index (χ3n) is 3.24. The maximum Gasteiger partial charge on any atom is 0.252 e. The molecular weight excluding hydrogens is 226 g/mol. The SMILES string of the molecule is CCCCC(CC)CNc1cc(=O)[nH]c(CC)n1. The third kappa shape index (κ3) is 4.90. The van der Waals surface area contributed by atoms with Crippen LogP contribution in [-0.4, -0.2) is 16.5 Å².